The zero-order valence-electron chi connectivity index (χ0n) is 17.3. The molecule has 33 heavy (non-hydrogen) atoms. The molecule has 5 nitrogen and oxygen atoms in total. The van der Waals surface area contributed by atoms with Crippen molar-refractivity contribution in [1.82, 2.24) is 14.3 Å². The van der Waals surface area contributed by atoms with Crippen molar-refractivity contribution in [2.75, 3.05) is 5.73 Å². The van der Waals surface area contributed by atoms with Crippen LogP contribution in [-0.2, 0) is 12.6 Å². The van der Waals surface area contributed by atoms with E-state index in [0.29, 0.717) is 27.8 Å². The van der Waals surface area contributed by atoms with Crippen LogP contribution >= 0.6 is 0 Å². The first-order valence-electron chi connectivity index (χ1n) is 9.98. The van der Waals surface area contributed by atoms with Crippen LogP contribution in [-0.4, -0.2) is 25.6 Å². The number of fused-ring (bicyclic) bond motifs is 2. The minimum atomic E-state index is -5.02. The summed E-state index contributed by atoms with van der Waals surface area (Å²) in [6, 6.07) is 14.2. The Bertz CT molecular complexity index is 1500. The second-order valence-corrected chi connectivity index (χ2v) is 7.91. The van der Waals surface area contributed by atoms with E-state index in [9.17, 15) is 22.7 Å². The molecule has 0 aliphatic heterocycles. The van der Waals surface area contributed by atoms with Crippen LogP contribution in [0.1, 0.15) is 11.1 Å². The molecule has 168 valence electrons. The van der Waals surface area contributed by atoms with Crippen molar-refractivity contribution in [1.29, 1.82) is 0 Å². The first-order chi connectivity index (χ1) is 15.6. The third-order valence-electron chi connectivity index (χ3n) is 5.89. The number of alkyl halides is 3. The summed E-state index contributed by atoms with van der Waals surface area (Å²) in [4.78, 5) is 0. The highest BCUT2D eigenvalue weighted by Gasteiger charge is 2.57. The molecule has 2 aromatic heterocycles. The van der Waals surface area contributed by atoms with Crippen molar-refractivity contribution in [2.45, 2.75) is 11.8 Å². The highest BCUT2D eigenvalue weighted by molar-refractivity contribution is 5.94. The zero-order valence-corrected chi connectivity index (χ0v) is 17.3. The molecular weight excluding hydrogens is 436 g/mol. The number of benzene rings is 3. The number of hydrogen-bond acceptors (Lipinski definition) is 3. The summed E-state index contributed by atoms with van der Waals surface area (Å²) in [6.07, 6.45) is -2.37. The lowest BCUT2D eigenvalue weighted by Crippen LogP contribution is -2.43. The van der Waals surface area contributed by atoms with Gasteiger partial charge < -0.3 is 15.4 Å². The van der Waals surface area contributed by atoms with Crippen LogP contribution in [0, 0.1) is 5.82 Å². The van der Waals surface area contributed by atoms with Crippen molar-refractivity contribution < 1.29 is 22.7 Å². The standard InChI is InChI=1S/C24H18F4N4O/c1-31-13-19(18-3-2-4-20(29)22(18)31)23(33,24(26,27)28)15-5-10-21-14(11-15)12-30-32(21)17-8-6-16(25)7-9-17/h2-13,33H,29H2,1H3. The summed E-state index contributed by atoms with van der Waals surface area (Å²) >= 11 is 0. The third kappa shape index (κ3) is 3.07. The maximum Gasteiger partial charge on any atom is 0.425 e. The number of halogens is 4. The number of aryl methyl sites for hydroxylation is 1. The Hall–Kier alpha value is -3.85. The number of nitrogens with zero attached hydrogens (tertiary/aromatic N) is 3. The molecule has 0 amide bonds. The molecule has 1 unspecified atom stereocenters. The van der Waals surface area contributed by atoms with E-state index < -0.39 is 17.6 Å². The van der Waals surface area contributed by atoms with E-state index in [1.807, 2.05) is 0 Å². The maximum absolute atomic E-state index is 14.5. The van der Waals surface area contributed by atoms with Crippen LogP contribution in [0.3, 0.4) is 0 Å². The zero-order chi connectivity index (χ0) is 23.5. The van der Waals surface area contributed by atoms with Gasteiger partial charge in [-0.2, -0.15) is 18.3 Å². The topological polar surface area (TPSA) is 69.0 Å². The van der Waals surface area contributed by atoms with Gasteiger partial charge in [-0.25, -0.2) is 9.07 Å². The summed E-state index contributed by atoms with van der Waals surface area (Å²) < 4.78 is 59.7. The van der Waals surface area contributed by atoms with Gasteiger partial charge in [0.15, 0.2) is 0 Å². The van der Waals surface area contributed by atoms with E-state index in [-0.39, 0.29) is 16.5 Å². The highest BCUT2D eigenvalue weighted by atomic mass is 19.4. The molecule has 2 heterocycles. The summed E-state index contributed by atoms with van der Waals surface area (Å²) in [5.74, 6) is -0.413. The van der Waals surface area contributed by atoms with Crippen LogP contribution in [0.15, 0.2) is 73.1 Å². The van der Waals surface area contributed by atoms with Crippen LogP contribution in [0.2, 0.25) is 0 Å². The summed E-state index contributed by atoms with van der Waals surface area (Å²) in [7, 11) is 1.58. The minimum Gasteiger partial charge on any atom is -0.397 e. The lowest BCUT2D eigenvalue weighted by Gasteiger charge is -2.31. The van der Waals surface area contributed by atoms with Crippen LogP contribution in [0.5, 0.6) is 0 Å². The molecule has 9 heteroatoms. The van der Waals surface area contributed by atoms with Crippen molar-refractivity contribution in [3.05, 3.63) is 90.0 Å². The fourth-order valence-corrected chi connectivity index (χ4v) is 4.31. The van der Waals surface area contributed by atoms with Crippen LogP contribution < -0.4 is 5.73 Å². The lowest BCUT2D eigenvalue weighted by molar-refractivity contribution is -0.247. The van der Waals surface area contributed by atoms with E-state index in [1.165, 1.54) is 70.2 Å². The SMILES string of the molecule is Cn1cc(C(O)(c2ccc3c(cnn3-c3ccc(F)cc3)c2)C(F)(F)F)c2cccc(N)c21. The maximum atomic E-state index is 14.5. The number of nitrogens with two attached hydrogens (primary N) is 1. The first kappa shape index (κ1) is 21.0. The van der Waals surface area contributed by atoms with Crippen molar-refractivity contribution in [2.24, 2.45) is 7.05 Å². The molecule has 1 atom stereocenters. The van der Waals surface area contributed by atoms with Gasteiger partial charge in [-0.05, 0) is 48.0 Å². The molecule has 3 N–H and O–H groups in total. The summed E-state index contributed by atoms with van der Waals surface area (Å²) in [6.45, 7) is 0. The van der Waals surface area contributed by atoms with E-state index >= 15 is 0 Å². The molecule has 0 saturated heterocycles. The van der Waals surface area contributed by atoms with Gasteiger partial charge >= 0.3 is 6.18 Å². The summed E-state index contributed by atoms with van der Waals surface area (Å²) in [5, 5.41) is 16.1. The molecule has 0 aliphatic carbocycles. The number of nitrogen functional groups attached to an aromatic ring is 1. The van der Waals surface area contributed by atoms with Crippen LogP contribution in [0.25, 0.3) is 27.5 Å². The van der Waals surface area contributed by atoms with Crippen LogP contribution in [0.4, 0.5) is 23.2 Å². The Labute approximate surface area is 185 Å². The predicted molar refractivity (Wildman–Crippen MR) is 117 cm³/mol. The number of aliphatic hydroxyl groups is 1. The Kier molecular flexibility index (Phi) is 4.51. The Morgan fingerprint density at radius 2 is 1.73 bits per heavy atom. The third-order valence-corrected chi connectivity index (χ3v) is 5.89. The molecule has 0 fully saturated rings. The Morgan fingerprint density at radius 3 is 2.42 bits per heavy atom. The van der Waals surface area contributed by atoms with E-state index in [0.717, 1.165) is 0 Å². The fourth-order valence-electron chi connectivity index (χ4n) is 4.31. The molecule has 3 aromatic carbocycles. The van der Waals surface area contributed by atoms with Gasteiger partial charge in [0.25, 0.3) is 0 Å². The van der Waals surface area contributed by atoms with Gasteiger partial charge in [0.1, 0.15) is 5.82 Å². The monoisotopic (exact) mass is 454 g/mol. The van der Waals surface area contributed by atoms with Gasteiger partial charge in [0.05, 0.1) is 28.6 Å². The predicted octanol–water partition coefficient (Wildman–Crippen LogP) is 5.04. The molecule has 0 aliphatic rings. The molecular formula is C24H18F4N4O. The molecule has 0 radical (unpaired) electrons. The van der Waals surface area contributed by atoms with E-state index in [2.05, 4.69) is 5.10 Å². The Balaban J connectivity index is 1.72. The second-order valence-electron chi connectivity index (χ2n) is 7.91. The molecule has 0 saturated carbocycles. The first-order valence-corrected chi connectivity index (χ1v) is 9.98. The average molecular weight is 454 g/mol. The van der Waals surface area contributed by atoms with Crippen molar-refractivity contribution in [3.8, 4) is 5.69 Å². The van der Waals surface area contributed by atoms with Gasteiger partial charge in [0.2, 0.25) is 5.60 Å². The molecule has 5 rings (SSSR count). The Morgan fingerprint density at radius 1 is 1.00 bits per heavy atom. The normalized spacial score (nSPS) is 14.1. The van der Waals surface area contributed by atoms with E-state index in [1.54, 1.807) is 19.2 Å². The molecule has 0 bridgehead atoms. The number of anilines is 1. The second kappa shape index (κ2) is 7.08. The number of rotatable bonds is 3. The number of aromatic nitrogens is 3. The largest absolute Gasteiger partial charge is 0.425 e. The van der Waals surface area contributed by atoms with Crippen molar-refractivity contribution in [3.63, 3.8) is 0 Å². The van der Waals surface area contributed by atoms with Gasteiger partial charge in [-0.15, -0.1) is 0 Å². The molecule has 0 spiro atoms. The summed E-state index contributed by atoms with van der Waals surface area (Å²) in [5.41, 5.74) is 3.81. The molecule has 5 aromatic rings. The smallest absolute Gasteiger partial charge is 0.397 e. The number of hydrogen-bond donors (Lipinski definition) is 2. The quantitative estimate of drug-likeness (QED) is 0.297. The van der Waals surface area contributed by atoms with E-state index in [4.69, 9.17) is 5.73 Å². The van der Waals surface area contributed by atoms with Crippen molar-refractivity contribution >= 4 is 27.5 Å². The average Bonchev–Trinajstić information content (AvgIpc) is 3.34. The number of para-hydroxylation sites is 1. The van der Waals surface area contributed by atoms with Gasteiger partial charge in [-0.3, -0.25) is 0 Å². The fraction of sp³-hybridized carbons (Fsp3) is 0.125. The van der Waals surface area contributed by atoms with Gasteiger partial charge in [0, 0.05) is 29.6 Å². The highest BCUT2D eigenvalue weighted by Crippen LogP contribution is 2.48. The van der Waals surface area contributed by atoms with Gasteiger partial charge in [-0.1, -0.05) is 18.2 Å². The minimum absolute atomic E-state index is 0.208. The lowest BCUT2D eigenvalue weighted by atomic mass is 9.85.